The second-order valence-electron chi connectivity index (χ2n) is 3.67. The largest absolute Gasteiger partial charge is 0.392 e. The van der Waals surface area contributed by atoms with Gasteiger partial charge in [0.1, 0.15) is 0 Å². The molecule has 1 rings (SSSR count). The molecule has 0 spiro atoms. The van der Waals surface area contributed by atoms with E-state index >= 15 is 0 Å². The molecule has 0 saturated carbocycles. The third-order valence-corrected chi connectivity index (χ3v) is 3.47. The molecule has 0 bridgehead atoms. The van der Waals surface area contributed by atoms with Gasteiger partial charge in [0.25, 0.3) is 0 Å². The Bertz CT molecular complexity index is 246. The van der Waals surface area contributed by atoms with Gasteiger partial charge in [0, 0.05) is 17.0 Å². The molecule has 0 fully saturated rings. The van der Waals surface area contributed by atoms with Crippen molar-refractivity contribution in [3.05, 3.63) is 22.4 Å². The average Bonchev–Trinajstić information content (AvgIpc) is 2.66. The Balaban J connectivity index is 2.56. The van der Waals surface area contributed by atoms with Crippen molar-refractivity contribution in [2.75, 3.05) is 0 Å². The zero-order chi connectivity index (χ0) is 10.6. The molecule has 3 atom stereocenters. The van der Waals surface area contributed by atoms with Crippen molar-refractivity contribution in [1.82, 2.24) is 5.32 Å². The summed E-state index contributed by atoms with van der Waals surface area (Å²) in [5.74, 6) is 0. The van der Waals surface area contributed by atoms with Crippen molar-refractivity contribution in [1.29, 1.82) is 0 Å². The molecule has 3 unspecified atom stereocenters. The Hall–Kier alpha value is -0.380. The highest BCUT2D eigenvalue weighted by Crippen LogP contribution is 2.22. The summed E-state index contributed by atoms with van der Waals surface area (Å²) in [5.41, 5.74) is 0. The summed E-state index contributed by atoms with van der Waals surface area (Å²) < 4.78 is 0. The topological polar surface area (TPSA) is 32.3 Å². The van der Waals surface area contributed by atoms with E-state index in [4.69, 9.17) is 0 Å². The molecule has 0 aliphatic heterocycles. The van der Waals surface area contributed by atoms with Gasteiger partial charge in [-0.25, -0.2) is 0 Å². The number of aliphatic hydroxyl groups excluding tert-OH is 1. The zero-order valence-electron chi connectivity index (χ0n) is 9.03. The highest BCUT2D eigenvalue weighted by atomic mass is 32.1. The molecule has 1 aromatic heterocycles. The van der Waals surface area contributed by atoms with Crippen molar-refractivity contribution in [3.8, 4) is 0 Å². The fraction of sp³-hybridized carbons (Fsp3) is 0.636. The first kappa shape index (κ1) is 11.7. The summed E-state index contributed by atoms with van der Waals surface area (Å²) in [6.07, 6.45) is 0.751. The number of aliphatic hydroxyl groups is 1. The number of hydrogen-bond acceptors (Lipinski definition) is 3. The molecular formula is C11H19NOS. The minimum Gasteiger partial charge on any atom is -0.392 e. The standard InChI is InChI=1S/C11H19NOS/c1-4-10(11-6-5-7-14-11)12-8(2)9(3)13/h5-10,12-13H,4H2,1-3H3. The highest BCUT2D eigenvalue weighted by molar-refractivity contribution is 7.10. The van der Waals surface area contributed by atoms with Crippen LogP contribution in [0, 0.1) is 0 Å². The predicted molar refractivity (Wildman–Crippen MR) is 61.6 cm³/mol. The van der Waals surface area contributed by atoms with Crippen molar-refractivity contribution in [3.63, 3.8) is 0 Å². The molecular weight excluding hydrogens is 194 g/mol. The van der Waals surface area contributed by atoms with E-state index in [0.29, 0.717) is 6.04 Å². The van der Waals surface area contributed by atoms with Gasteiger partial charge in [-0.05, 0) is 31.7 Å². The molecule has 2 nitrogen and oxygen atoms in total. The van der Waals surface area contributed by atoms with E-state index < -0.39 is 0 Å². The number of thiophene rings is 1. The minimum absolute atomic E-state index is 0.141. The first-order valence-corrected chi connectivity index (χ1v) is 6.00. The van der Waals surface area contributed by atoms with Crippen LogP contribution in [0.3, 0.4) is 0 Å². The van der Waals surface area contributed by atoms with Gasteiger partial charge in [0.2, 0.25) is 0 Å². The van der Waals surface area contributed by atoms with E-state index in [1.54, 1.807) is 11.3 Å². The molecule has 1 aromatic rings. The highest BCUT2D eigenvalue weighted by Gasteiger charge is 2.15. The van der Waals surface area contributed by atoms with Crippen LogP contribution in [0.25, 0.3) is 0 Å². The van der Waals surface area contributed by atoms with Crippen molar-refractivity contribution in [2.24, 2.45) is 0 Å². The van der Waals surface area contributed by atoms with Crippen LogP contribution in [0.15, 0.2) is 17.5 Å². The maximum atomic E-state index is 9.40. The Morgan fingerprint density at radius 3 is 2.64 bits per heavy atom. The van der Waals surface area contributed by atoms with Crippen LogP contribution in [-0.2, 0) is 0 Å². The molecule has 0 aliphatic carbocycles. The fourth-order valence-corrected chi connectivity index (χ4v) is 2.22. The van der Waals surface area contributed by atoms with Gasteiger partial charge < -0.3 is 10.4 Å². The zero-order valence-corrected chi connectivity index (χ0v) is 9.84. The molecule has 0 aromatic carbocycles. The Morgan fingerprint density at radius 1 is 1.50 bits per heavy atom. The van der Waals surface area contributed by atoms with Gasteiger partial charge in [0.15, 0.2) is 0 Å². The molecule has 0 amide bonds. The summed E-state index contributed by atoms with van der Waals surface area (Å²) in [7, 11) is 0. The quantitative estimate of drug-likeness (QED) is 0.788. The number of hydrogen-bond donors (Lipinski definition) is 2. The van der Waals surface area contributed by atoms with Crippen LogP contribution < -0.4 is 5.32 Å². The Morgan fingerprint density at radius 2 is 2.21 bits per heavy atom. The van der Waals surface area contributed by atoms with E-state index in [0.717, 1.165) is 6.42 Å². The molecule has 1 heterocycles. The SMILES string of the molecule is CCC(NC(C)C(C)O)c1cccs1. The lowest BCUT2D eigenvalue weighted by Crippen LogP contribution is -2.37. The van der Waals surface area contributed by atoms with Gasteiger partial charge in [0.05, 0.1) is 6.10 Å². The first-order valence-electron chi connectivity index (χ1n) is 5.12. The Labute approximate surface area is 90.0 Å². The monoisotopic (exact) mass is 213 g/mol. The number of nitrogens with one attached hydrogen (secondary N) is 1. The van der Waals surface area contributed by atoms with Crippen LogP contribution in [0.5, 0.6) is 0 Å². The summed E-state index contributed by atoms with van der Waals surface area (Å²) in [4.78, 5) is 1.35. The predicted octanol–water partition coefficient (Wildman–Crippen LogP) is 2.56. The van der Waals surface area contributed by atoms with Crippen molar-refractivity contribution in [2.45, 2.75) is 45.4 Å². The Kier molecular flexibility index (Phi) is 4.58. The summed E-state index contributed by atoms with van der Waals surface area (Å²) in [5, 5.41) is 14.9. The third kappa shape index (κ3) is 3.08. The summed E-state index contributed by atoms with van der Waals surface area (Å²) in [6, 6.07) is 4.72. The average molecular weight is 213 g/mol. The normalized spacial score (nSPS) is 17.7. The maximum absolute atomic E-state index is 9.40. The van der Waals surface area contributed by atoms with Crippen LogP contribution in [0.1, 0.15) is 38.1 Å². The van der Waals surface area contributed by atoms with Gasteiger partial charge in [-0.1, -0.05) is 13.0 Å². The van der Waals surface area contributed by atoms with E-state index in [-0.39, 0.29) is 12.1 Å². The van der Waals surface area contributed by atoms with Crippen LogP contribution in [0.2, 0.25) is 0 Å². The van der Waals surface area contributed by atoms with E-state index in [2.05, 4.69) is 29.8 Å². The van der Waals surface area contributed by atoms with Crippen LogP contribution in [-0.4, -0.2) is 17.3 Å². The lowest BCUT2D eigenvalue weighted by molar-refractivity contribution is 0.145. The fourth-order valence-electron chi connectivity index (χ4n) is 1.35. The maximum Gasteiger partial charge on any atom is 0.0662 e. The van der Waals surface area contributed by atoms with Crippen LogP contribution >= 0.6 is 11.3 Å². The second-order valence-corrected chi connectivity index (χ2v) is 4.65. The summed E-state index contributed by atoms with van der Waals surface area (Å²) >= 11 is 1.77. The second kappa shape index (κ2) is 5.49. The lowest BCUT2D eigenvalue weighted by Gasteiger charge is -2.23. The van der Waals surface area contributed by atoms with Gasteiger partial charge in [-0.3, -0.25) is 0 Å². The summed E-state index contributed by atoms with van der Waals surface area (Å²) in [6.45, 7) is 5.99. The molecule has 2 N–H and O–H groups in total. The molecule has 3 heteroatoms. The van der Waals surface area contributed by atoms with Crippen molar-refractivity contribution < 1.29 is 5.11 Å². The van der Waals surface area contributed by atoms with Gasteiger partial charge >= 0.3 is 0 Å². The van der Waals surface area contributed by atoms with Gasteiger partial charge in [-0.2, -0.15) is 0 Å². The third-order valence-electron chi connectivity index (χ3n) is 2.48. The molecule has 0 radical (unpaired) electrons. The first-order chi connectivity index (χ1) is 6.65. The van der Waals surface area contributed by atoms with Gasteiger partial charge in [-0.15, -0.1) is 11.3 Å². The molecule has 80 valence electrons. The van der Waals surface area contributed by atoms with E-state index in [1.165, 1.54) is 4.88 Å². The molecule has 14 heavy (non-hydrogen) atoms. The van der Waals surface area contributed by atoms with E-state index in [1.807, 2.05) is 13.8 Å². The minimum atomic E-state index is -0.302. The smallest absolute Gasteiger partial charge is 0.0662 e. The van der Waals surface area contributed by atoms with Crippen molar-refractivity contribution >= 4 is 11.3 Å². The van der Waals surface area contributed by atoms with E-state index in [9.17, 15) is 5.11 Å². The van der Waals surface area contributed by atoms with Crippen LogP contribution in [0.4, 0.5) is 0 Å². The number of rotatable bonds is 5. The molecule has 0 saturated heterocycles. The molecule has 0 aliphatic rings. The lowest BCUT2D eigenvalue weighted by atomic mass is 10.1.